The van der Waals surface area contributed by atoms with Crippen LogP contribution in [0.4, 0.5) is 23.4 Å². The van der Waals surface area contributed by atoms with Gasteiger partial charge in [-0.3, -0.25) is 9.78 Å². The number of amides is 1. The molecule has 0 unspecified atom stereocenters. The Morgan fingerprint density at radius 1 is 1.17 bits per heavy atom. The number of fused-ring (bicyclic) bond motifs is 1. The lowest BCUT2D eigenvalue weighted by Gasteiger charge is -2.40. The number of nitrogens with zero attached hydrogens (tertiary/aromatic N) is 6. The van der Waals surface area contributed by atoms with E-state index in [4.69, 9.17) is 11.6 Å². The average molecular weight is 693 g/mol. The highest BCUT2D eigenvalue weighted by Gasteiger charge is 2.37. The Balaban J connectivity index is 1.93. The molecule has 1 aromatic carbocycles. The third kappa shape index (κ3) is 6.21. The van der Waals surface area contributed by atoms with E-state index >= 15 is 4.39 Å². The zero-order valence-corrected chi connectivity index (χ0v) is 27.2. The normalized spacial score (nSPS) is 15.8. The van der Waals surface area contributed by atoms with Gasteiger partial charge in [0.15, 0.2) is 15.5 Å². The van der Waals surface area contributed by atoms with E-state index in [9.17, 15) is 31.2 Å². The van der Waals surface area contributed by atoms with Gasteiger partial charge < -0.3 is 9.80 Å². The van der Waals surface area contributed by atoms with Gasteiger partial charge in [-0.05, 0) is 42.7 Å². The number of rotatable bonds is 6. The second kappa shape index (κ2) is 12.3. The summed E-state index contributed by atoms with van der Waals surface area (Å²) in [5.41, 5.74) is -4.10. The summed E-state index contributed by atoms with van der Waals surface area (Å²) in [4.78, 5) is 41.8. The van der Waals surface area contributed by atoms with E-state index in [0.717, 1.165) is 41.3 Å². The highest BCUT2D eigenvalue weighted by atomic mass is 35.5. The molecule has 10 nitrogen and oxygen atoms in total. The summed E-state index contributed by atoms with van der Waals surface area (Å²) in [6.07, 6.45) is -0.470. The number of carbonyl (C=O) groups is 1. The molecule has 0 bridgehead atoms. The van der Waals surface area contributed by atoms with E-state index in [1.54, 1.807) is 25.7 Å². The van der Waals surface area contributed by atoms with Gasteiger partial charge in [0.1, 0.15) is 22.2 Å². The monoisotopic (exact) mass is 692 g/mol. The highest BCUT2D eigenvalue weighted by Crippen LogP contribution is 2.42. The summed E-state index contributed by atoms with van der Waals surface area (Å²) in [5.74, 6) is -1.96. The number of aromatic nitrogens is 4. The maximum atomic E-state index is 16.1. The molecule has 16 heteroatoms. The van der Waals surface area contributed by atoms with Crippen molar-refractivity contribution in [2.45, 2.75) is 43.8 Å². The largest absolute Gasteiger partial charge is 0.417 e. The van der Waals surface area contributed by atoms with E-state index in [1.807, 2.05) is 0 Å². The van der Waals surface area contributed by atoms with E-state index < -0.39 is 61.3 Å². The number of pyridine rings is 2. The molecule has 0 N–H and O–H groups in total. The predicted molar refractivity (Wildman–Crippen MR) is 169 cm³/mol. The fourth-order valence-electron chi connectivity index (χ4n) is 5.69. The Bertz CT molecular complexity index is 2100. The summed E-state index contributed by atoms with van der Waals surface area (Å²) >= 11 is 6.23. The minimum absolute atomic E-state index is 0.0475. The molecule has 1 saturated heterocycles. The number of carbonyl (C=O) groups excluding carboxylic acids is 1. The number of benzene rings is 1. The Labute approximate surface area is 272 Å². The van der Waals surface area contributed by atoms with Crippen LogP contribution in [0.25, 0.3) is 28.0 Å². The number of sulfone groups is 1. The van der Waals surface area contributed by atoms with Gasteiger partial charge in [0.05, 0.1) is 21.7 Å². The number of halogens is 5. The second-order valence-electron chi connectivity index (χ2n) is 11.4. The minimum Gasteiger partial charge on any atom is -0.350 e. The maximum absolute atomic E-state index is 16.1. The van der Waals surface area contributed by atoms with Crippen LogP contribution in [0, 0.1) is 5.82 Å². The predicted octanol–water partition coefficient (Wildman–Crippen LogP) is 5.40. The summed E-state index contributed by atoms with van der Waals surface area (Å²) in [6, 6.07) is 3.39. The first-order valence-corrected chi connectivity index (χ1v) is 16.6. The molecule has 1 fully saturated rings. The number of alkyl halides is 3. The number of piperazine rings is 1. The summed E-state index contributed by atoms with van der Waals surface area (Å²) < 4.78 is 85.5. The van der Waals surface area contributed by atoms with Crippen LogP contribution in [0.1, 0.15) is 37.8 Å². The van der Waals surface area contributed by atoms with Crippen molar-refractivity contribution < 1.29 is 30.8 Å². The van der Waals surface area contributed by atoms with Gasteiger partial charge in [0.25, 0.3) is 0 Å². The van der Waals surface area contributed by atoms with Crippen molar-refractivity contribution >= 4 is 44.2 Å². The zero-order valence-electron chi connectivity index (χ0n) is 25.6. The molecular formula is C31H29ClF4N6O4S. The molecule has 4 heterocycles. The molecule has 1 atom stereocenters. The molecule has 0 spiro atoms. The van der Waals surface area contributed by atoms with Crippen LogP contribution < -0.4 is 10.6 Å². The van der Waals surface area contributed by atoms with Gasteiger partial charge in [-0.25, -0.2) is 27.2 Å². The third-order valence-corrected chi connectivity index (χ3v) is 9.31. The van der Waals surface area contributed by atoms with Crippen molar-refractivity contribution in [3.63, 3.8) is 0 Å². The lowest BCUT2D eigenvalue weighted by molar-refractivity contribution is -0.137. The SMILES string of the molecule is C=CC(=O)N1CCN(c2nc(=O)n(-c3c(C(C)C)cncc3S(C)(=O)=O)c3nc(-c4c(Cl)cccc4C(F)(F)F)c(F)cc23)[C@@H](C)C1. The lowest BCUT2D eigenvalue weighted by atomic mass is 10.0. The fourth-order valence-corrected chi connectivity index (χ4v) is 6.76. The fraction of sp³-hybridized carbons (Fsp3) is 0.323. The van der Waals surface area contributed by atoms with Crippen LogP contribution in [-0.2, 0) is 20.8 Å². The lowest BCUT2D eigenvalue weighted by Crippen LogP contribution is -2.54. The molecular weight excluding hydrogens is 664 g/mol. The Kier molecular flexibility index (Phi) is 8.92. The van der Waals surface area contributed by atoms with Crippen LogP contribution in [0.2, 0.25) is 5.02 Å². The van der Waals surface area contributed by atoms with E-state index in [1.165, 1.54) is 17.2 Å². The molecule has 1 aliphatic rings. The minimum atomic E-state index is -4.95. The smallest absolute Gasteiger partial charge is 0.350 e. The molecule has 248 valence electrons. The molecule has 5 rings (SSSR count). The molecule has 0 radical (unpaired) electrons. The summed E-state index contributed by atoms with van der Waals surface area (Å²) in [6.45, 7) is 9.26. The number of hydrogen-bond donors (Lipinski definition) is 0. The van der Waals surface area contributed by atoms with Gasteiger partial charge in [-0.1, -0.05) is 38.1 Å². The zero-order chi connectivity index (χ0) is 34.6. The van der Waals surface area contributed by atoms with Gasteiger partial charge in [0, 0.05) is 49.9 Å². The standard InChI is InChI=1S/C31H29ClF4N6O4S/c1-6-24(43)40-10-11-41(17(4)15-40)28-18-12-22(33)26(25-20(31(34,35)36)8-7-9-21(25)32)38-29(18)42(30(44)39-28)27-19(16(2)3)13-37-14-23(27)47(5,45)46/h6-9,12-14,16-17H,1,10-11,15H2,2-5H3/t17-/m0/s1. The van der Waals surface area contributed by atoms with Gasteiger partial charge in [-0.2, -0.15) is 18.2 Å². The third-order valence-electron chi connectivity index (χ3n) is 7.90. The van der Waals surface area contributed by atoms with E-state index in [0.29, 0.717) is 0 Å². The molecule has 47 heavy (non-hydrogen) atoms. The molecule has 0 saturated carbocycles. The molecule has 0 aliphatic carbocycles. The topological polar surface area (TPSA) is 118 Å². The van der Waals surface area contributed by atoms with Crippen molar-refractivity contribution in [2.24, 2.45) is 0 Å². The number of hydrogen-bond acceptors (Lipinski definition) is 8. The van der Waals surface area contributed by atoms with Crippen LogP contribution in [0.3, 0.4) is 0 Å². The summed E-state index contributed by atoms with van der Waals surface area (Å²) in [7, 11) is -4.06. The quantitative estimate of drug-likeness (QED) is 0.195. The molecule has 1 aliphatic heterocycles. The van der Waals surface area contributed by atoms with Crippen molar-refractivity contribution in [1.82, 2.24) is 24.4 Å². The van der Waals surface area contributed by atoms with E-state index in [2.05, 4.69) is 21.5 Å². The first kappa shape index (κ1) is 34.0. The number of anilines is 1. The average Bonchev–Trinajstić information content (AvgIpc) is 2.99. The molecule has 4 aromatic rings. The first-order chi connectivity index (χ1) is 21.9. The van der Waals surface area contributed by atoms with Crippen LogP contribution in [-0.4, -0.2) is 70.7 Å². The Morgan fingerprint density at radius 2 is 1.87 bits per heavy atom. The highest BCUT2D eigenvalue weighted by molar-refractivity contribution is 7.90. The second-order valence-corrected chi connectivity index (χ2v) is 13.8. The van der Waals surface area contributed by atoms with Crippen molar-refractivity contribution in [1.29, 1.82) is 0 Å². The van der Waals surface area contributed by atoms with Crippen LogP contribution >= 0.6 is 11.6 Å². The Morgan fingerprint density at radius 3 is 2.47 bits per heavy atom. The van der Waals surface area contributed by atoms with Crippen molar-refractivity contribution in [3.8, 4) is 16.9 Å². The first-order valence-electron chi connectivity index (χ1n) is 14.3. The van der Waals surface area contributed by atoms with Crippen LogP contribution in [0.15, 0.2) is 59.0 Å². The molecule has 1 amide bonds. The van der Waals surface area contributed by atoms with E-state index in [-0.39, 0.29) is 58.5 Å². The molecule has 3 aromatic heterocycles. The van der Waals surface area contributed by atoms with Gasteiger partial charge in [-0.15, -0.1) is 0 Å². The van der Waals surface area contributed by atoms with Crippen molar-refractivity contribution in [2.75, 3.05) is 30.8 Å². The Hall–Kier alpha value is -4.37. The van der Waals surface area contributed by atoms with Crippen LogP contribution in [0.5, 0.6) is 0 Å². The summed E-state index contributed by atoms with van der Waals surface area (Å²) in [5, 5.41) is -0.540. The van der Waals surface area contributed by atoms with Gasteiger partial charge >= 0.3 is 11.9 Å². The van der Waals surface area contributed by atoms with Gasteiger partial charge in [0.2, 0.25) is 5.91 Å². The van der Waals surface area contributed by atoms with Crippen molar-refractivity contribution in [3.05, 3.63) is 81.8 Å². The maximum Gasteiger partial charge on any atom is 0.417 e.